The maximum absolute atomic E-state index is 12.7. The van der Waals surface area contributed by atoms with Gasteiger partial charge in [0.15, 0.2) is 0 Å². The highest BCUT2D eigenvalue weighted by atomic mass is 35.5. The molecule has 4 nitrogen and oxygen atoms in total. The molecule has 0 unspecified atom stereocenters. The van der Waals surface area contributed by atoms with E-state index >= 15 is 0 Å². The highest BCUT2D eigenvalue weighted by Gasteiger charge is 2.14. The van der Waals surface area contributed by atoms with Gasteiger partial charge in [0.25, 0.3) is 5.91 Å². The van der Waals surface area contributed by atoms with Crippen LogP contribution in [0.5, 0.6) is 11.5 Å². The van der Waals surface area contributed by atoms with E-state index in [1.807, 2.05) is 37.3 Å². The van der Waals surface area contributed by atoms with Gasteiger partial charge in [-0.2, -0.15) is 0 Å². The predicted octanol–water partition coefficient (Wildman–Crippen LogP) is 6.88. The van der Waals surface area contributed by atoms with Crippen molar-refractivity contribution in [2.24, 2.45) is 0 Å². The Labute approximate surface area is 184 Å². The van der Waals surface area contributed by atoms with E-state index in [-0.39, 0.29) is 12.5 Å². The molecule has 0 saturated heterocycles. The van der Waals surface area contributed by atoms with Crippen LogP contribution < -0.4 is 14.8 Å². The Kier molecular flexibility index (Phi) is 7.26. The first-order valence-electron chi connectivity index (χ1n) is 8.87. The zero-order chi connectivity index (χ0) is 20.8. The number of nitrogens with one attached hydrogen (secondary N) is 1. The van der Waals surface area contributed by atoms with Crippen molar-refractivity contribution in [3.05, 3.63) is 86.9 Å². The molecular weight excluding hydrogens is 433 g/mol. The monoisotopic (exact) mass is 449 g/mol. The highest BCUT2D eigenvalue weighted by molar-refractivity contribution is 6.44. The standard InChI is InChI=1S/C22H18Cl3NO3/c1-2-28-21-9-8-14(10-15(21)13-29-16-6-4-3-5-7-16)22(27)26-20-12-18(24)17(23)11-19(20)25/h3-12H,2,13H2,1H3,(H,26,27). The molecule has 0 bridgehead atoms. The minimum absolute atomic E-state index is 0.258. The van der Waals surface area contributed by atoms with E-state index in [9.17, 15) is 4.79 Å². The number of halogens is 3. The zero-order valence-corrected chi connectivity index (χ0v) is 17.8. The van der Waals surface area contributed by atoms with Gasteiger partial charge in [-0.3, -0.25) is 4.79 Å². The summed E-state index contributed by atoms with van der Waals surface area (Å²) in [6, 6.07) is 17.6. The Bertz CT molecular complexity index is 1010. The van der Waals surface area contributed by atoms with Gasteiger partial charge in [0.2, 0.25) is 0 Å². The van der Waals surface area contributed by atoms with E-state index in [0.717, 1.165) is 11.3 Å². The number of para-hydroxylation sites is 1. The van der Waals surface area contributed by atoms with E-state index in [1.165, 1.54) is 12.1 Å². The summed E-state index contributed by atoms with van der Waals surface area (Å²) in [6.07, 6.45) is 0. The van der Waals surface area contributed by atoms with Crippen LogP contribution in [0.4, 0.5) is 5.69 Å². The van der Waals surface area contributed by atoms with Crippen LogP contribution in [0.15, 0.2) is 60.7 Å². The zero-order valence-electron chi connectivity index (χ0n) is 15.5. The van der Waals surface area contributed by atoms with Crippen LogP contribution in [0.3, 0.4) is 0 Å². The van der Waals surface area contributed by atoms with E-state index < -0.39 is 0 Å². The Morgan fingerprint density at radius 3 is 2.34 bits per heavy atom. The normalized spacial score (nSPS) is 10.5. The maximum Gasteiger partial charge on any atom is 0.255 e. The molecule has 0 aliphatic heterocycles. The van der Waals surface area contributed by atoms with Gasteiger partial charge in [-0.1, -0.05) is 53.0 Å². The predicted molar refractivity (Wildman–Crippen MR) is 118 cm³/mol. The minimum atomic E-state index is -0.339. The molecule has 0 aliphatic rings. The van der Waals surface area contributed by atoms with Gasteiger partial charge in [0.05, 0.1) is 27.4 Å². The van der Waals surface area contributed by atoms with Gasteiger partial charge >= 0.3 is 0 Å². The van der Waals surface area contributed by atoms with Crippen LogP contribution in [0.25, 0.3) is 0 Å². The molecule has 0 radical (unpaired) electrons. The lowest BCUT2D eigenvalue weighted by Gasteiger charge is -2.14. The molecular formula is C22H18Cl3NO3. The van der Waals surface area contributed by atoms with Crippen molar-refractivity contribution in [1.82, 2.24) is 0 Å². The van der Waals surface area contributed by atoms with Crippen LogP contribution >= 0.6 is 34.8 Å². The van der Waals surface area contributed by atoms with Crippen LogP contribution in [-0.2, 0) is 6.61 Å². The molecule has 3 rings (SSSR count). The van der Waals surface area contributed by atoms with Crippen LogP contribution in [0, 0.1) is 0 Å². The van der Waals surface area contributed by atoms with Crippen molar-refractivity contribution in [2.45, 2.75) is 13.5 Å². The second-order valence-electron chi connectivity index (χ2n) is 6.06. The average Bonchev–Trinajstić information content (AvgIpc) is 2.72. The SMILES string of the molecule is CCOc1ccc(C(=O)Nc2cc(Cl)c(Cl)cc2Cl)cc1COc1ccccc1. The molecule has 0 saturated carbocycles. The molecule has 3 aromatic rings. The summed E-state index contributed by atoms with van der Waals surface area (Å²) in [5, 5.41) is 3.67. The van der Waals surface area contributed by atoms with Crippen molar-refractivity contribution in [3.8, 4) is 11.5 Å². The number of carbonyl (C=O) groups is 1. The molecule has 29 heavy (non-hydrogen) atoms. The Morgan fingerprint density at radius 2 is 1.62 bits per heavy atom. The summed E-state index contributed by atoms with van der Waals surface area (Å²) in [6.45, 7) is 2.66. The first-order chi connectivity index (χ1) is 14.0. The van der Waals surface area contributed by atoms with Gasteiger partial charge < -0.3 is 14.8 Å². The second-order valence-corrected chi connectivity index (χ2v) is 7.28. The molecule has 1 amide bonds. The third-order valence-corrected chi connectivity index (χ3v) is 5.05. The van der Waals surface area contributed by atoms with Crippen molar-refractivity contribution in [2.75, 3.05) is 11.9 Å². The van der Waals surface area contributed by atoms with E-state index in [4.69, 9.17) is 44.3 Å². The molecule has 1 N–H and O–H groups in total. The molecule has 7 heteroatoms. The third kappa shape index (κ3) is 5.57. The Balaban J connectivity index is 1.81. The van der Waals surface area contributed by atoms with E-state index in [2.05, 4.69) is 5.32 Å². The number of rotatable bonds is 7. The summed E-state index contributed by atoms with van der Waals surface area (Å²) in [5.41, 5.74) is 1.56. The summed E-state index contributed by atoms with van der Waals surface area (Å²) in [4.78, 5) is 12.7. The molecule has 0 atom stereocenters. The first kappa shape index (κ1) is 21.3. The van der Waals surface area contributed by atoms with Crippen molar-refractivity contribution in [3.63, 3.8) is 0 Å². The Hall–Kier alpha value is -2.40. The van der Waals surface area contributed by atoms with Gasteiger partial charge in [-0.15, -0.1) is 0 Å². The molecule has 0 heterocycles. The highest BCUT2D eigenvalue weighted by Crippen LogP contribution is 2.32. The van der Waals surface area contributed by atoms with Crippen LogP contribution in [0.1, 0.15) is 22.8 Å². The topological polar surface area (TPSA) is 47.6 Å². The van der Waals surface area contributed by atoms with E-state index in [1.54, 1.807) is 18.2 Å². The smallest absolute Gasteiger partial charge is 0.255 e. The fourth-order valence-electron chi connectivity index (χ4n) is 2.62. The first-order valence-corrected chi connectivity index (χ1v) is 10.0. The van der Waals surface area contributed by atoms with Crippen molar-refractivity contribution >= 4 is 46.4 Å². The number of carbonyl (C=O) groups excluding carboxylic acids is 1. The summed E-state index contributed by atoms with van der Waals surface area (Å²) in [5.74, 6) is 1.05. The lowest BCUT2D eigenvalue weighted by molar-refractivity contribution is 0.102. The number of amides is 1. The second kappa shape index (κ2) is 9.88. The molecule has 3 aromatic carbocycles. The minimum Gasteiger partial charge on any atom is -0.493 e. The summed E-state index contributed by atoms with van der Waals surface area (Å²) in [7, 11) is 0. The number of benzene rings is 3. The molecule has 0 aromatic heterocycles. The molecule has 0 aliphatic carbocycles. The van der Waals surface area contributed by atoms with Gasteiger partial charge in [-0.05, 0) is 49.4 Å². The third-order valence-electron chi connectivity index (χ3n) is 4.02. The fraction of sp³-hybridized carbons (Fsp3) is 0.136. The average molecular weight is 451 g/mol. The van der Waals surface area contributed by atoms with Gasteiger partial charge in [-0.25, -0.2) is 0 Å². The largest absolute Gasteiger partial charge is 0.493 e. The number of anilines is 1. The number of hydrogen-bond acceptors (Lipinski definition) is 3. The maximum atomic E-state index is 12.7. The lowest BCUT2D eigenvalue weighted by Crippen LogP contribution is -2.13. The summed E-state index contributed by atoms with van der Waals surface area (Å²) < 4.78 is 11.5. The molecule has 0 spiro atoms. The van der Waals surface area contributed by atoms with Gasteiger partial charge in [0, 0.05) is 11.1 Å². The van der Waals surface area contributed by atoms with Crippen LogP contribution in [-0.4, -0.2) is 12.5 Å². The lowest BCUT2D eigenvalue weighted by atomic mass is 10.1. The number of hydrogen-bond donors (Lipinski definition) is 1. The van der Waals surface area contributed by atoms with Crippen molar-refractivity contribution < 1.29 is 14.3 Å². The van der Waals surface area contributed by atoms with Crippen LogP contribution in [0.2, 0.25) is 15.1 Å². The molecule has 0 fully saturated rings. The fourth-order valence-corrected chi connectivity index (χ4v) is 3.21. The summed E-state index contributed by atoms with van der Waals surface area (Å²) >= 11 is 18.1. The molecule has 150 valence electrons. The van der Waals surface area contributed by atoms with Crippen molar-refractivity contribution in [1.29, 1.82) is 0 Å². The van der Waals surface area contributed by atoms with E-state index in [0.29, 0.717) is 38.7 Å². The quantitative estimate of drug-likeness (QED) is 0.399. The van der Waals surface area contributed by atoms with Gasteiger partial charge in [0.1, 0.15) is 18.1 Å². The Morgan fingerprint density at radius 1 is 0.897 bits per heavy atom. The number of ether oxygens (including phenoxy) is 2.